The van der Waals surface area contributed by atoms with Crippen LogP contribution in [0.4, 0.5) is 5.69 Å². The van der Waals surface area contributed by atoms with Crippen LogP contribution in [0.3, 0.4) is 0 Å². The minimum atomic E-state index is 0.591. The molecule has 1 unspecified atom stereocenters. The first-order valence-electron chi connectivity index (χ1n) is 7.50. The van der Waals surface area contributed by atoms with Crippen LogP contribution in [0.5, 0.6) is 0 Å². The number of benzene rings is 2. The third kappa shape index (κ3) is 1.94. The summed E-state index contributed by atoms with van der Waals surface area (Å²) in [6.45, 7) is 0. The van der Waals surface area contributed by atoms with E-state index in [-0.39, 0.29) is 0 Å². The van der Waals surface area contributed by atoms with Crippen molar-refractivity contribution in [1.82, 2.24) is 5.32 Å². The highest BCUT2D eigenvalue weighted by atomic mass is 14.9. The number of nitrogens with zero attached hydrogens (tertiary/aromatic N) is 1. The van der Waals surface area contributed by atoms with E-state index in [0.717, 1.165) is 6.42 Å². The molecule has 1 atom stereocenters. The maximum Gasteiger partial charge on any atom is 0.0708 e. The molecule has 2 aromatic rings. The molecule has 1 radical (unpaired) electrons. The molecule has 0 N–H and O–H groups in total. The zero-order chi connectivity index (χ0) is 13.4. The molecule has 1 heteroatoms. The quantitative estimate of drug-likeness (QED) is 0.743. The van der Waals surface area contributed by atoms with Crippen LogP contribution in [-0.2, 0) is 6.42 Å². The second-order valence-corrected chi connectivity index (χ2v) is 5.77. The van der Waals surface area contributed by atoms with E-state index in [1.54, 1.807) is 0 Å². The van der Waals surface area contributed by atoms with Crippen LogP contribution in [0, 0.1) is 5.92 Å². The predicted octanol–water partition coefficient (Wildman–Crippen LogP) is 4.69. The van der Waals surface area contributed by atoms with Crippen molar-refractivity contribution < 1.29 is 0 Å². The number of para-hydroxylation sites is 1. The van der Waals surface area contributed by atoms with E-state index < -0.39 is 0 Å². The Balaban J connectivity index is 1.66. The standard InChI is InChI=1S/C19H18N/c1-2-7-14(8-3-1)13-15-9-6-11-17-16-10-4-5-12-18(16)20-19(15)17/h1-5,7-8,10,12,15H,6,9,11,13H2. The number of hydrogen-bond acceptors (Lipinski definition) is 0. The summed E-state index contributed by atoms with van der Waals surface area (Å²) >= 11 is 0. The maximum absolute atomic E-state index is 4.93. The second-order valence-electron chi connectivity index (χ2n) is 5.77. The molecule has 20 heavy (non-hydrogen) atoms. The molecular weight excluding hydrogens is 242 g/mol. The normalized spacial score (nSPS) is 20.3. The molecule has 0 spiro atoms. The summed E-state index contributed by atoms with van der Waals surface area (Å²) in [6, 6.07) is 19.4. The van der Waals surface area contributed by atoms with E-state index in [4.69, 9.17) is 5.32 Å². The van der Waals surface area contributed by atoms with Crippen molar-refractivity contribution in [1.29, 1.82) is 0 Å². The summed E-state index contributed by atoms with van der Waals surface area (Å²) in [5.74, 6) is 0.591. The van der Waals surface area contributed by atoms with Crippen LogP contribution < -0.4 is 5.32 Å². The number of hydrogen-bond donors (Lipinski definition) is 0. The highest BCUT2D eigenvalue weighted by molar-refractivity contribution is 5.82. The lowest BCUT2D eigenvalue weighted by molar-refractivity contribution is 0.500. The maximum atomic E-state index is 4.93. The summed E-state index contributed by atoms with van der Waals surface area (Å²) in [5, 5.41) is 4.93. The first kappa shape index (κ1) is 11.8. The molecule has 0 bridgehead atoms. The van der Waals surface area contributed by atoms with Gasteiger partial charge in [0.1, 0.15) is 0 Å². The zero-order valence-corrected chi connectivity index (χ0v) is 11.5. The Morgan fingerprint density at radius 2 is 1.75 bits per heavy atom. The zero-order valence-electron chi connectivity index (χ0n) is 11.5. The lowest BCUT2D eigenvalue weighted by Crippen LogP contribution is -2.16. The summed E-state index contributed by atoms with van der Waals surface area (Å²) < 4.78 is 0. The van der Waals surface area contributed by atoms with Crippen LogP contribution in [0.2, 0.25) is 0 Å². The van der Waals surface area contributed by atoms with Gasteiger partial charge in [-0.15, -0.1) is 0 Å². The van der Waals surface area contributed by atoms with Gasteiger partial charge in [0.25, 0.3) is 0 Å². The Morgan fingerprint density at radius 1 is 0.950 bits per heavy atom. The molecule has 2 aliphatic rings. The van der Waals surface area contributed by atoms with E-state index in [9.17, 15) is 0 Å². The molecule has 0 aromatic heterocycles. The Bertz CT molecular complexity index is 654. The summed E-state index contributed by atoms with van der Waals surface area (Å²) in [6.07, 6.45) is 4.88. The van der Waals surface area contributed by atoms with E-state index in [2.05, 4.69) is 54.6 Å². The van der Waals surface area contributed by atoms with Crippen molar-refractivity contribution in [3.8, 4) is 0 Å². The third-order valence-electron chi connectivity index (χ3n) is 4.47. The molecule has 4 rings (SSSR count). The monoisotopic (exact) mass is 260 g/mol. The van der Waals surface area contributed by atoms with Crippen LogP contribution in [0.15, 0.2) is 60.3 Å². The molecule has 0 saturated heterocycles. The number of rotatable bonds is 2. The van der Waals surface area contributed by atoms with Gasteiger partial charge >= 0.3 is 0 Å². The Hall–Kier alpha value is -2.02. The minimum absolute atomic E-state index is 0.591. The Labute approximate surface area is 120 Å². The Kier molecular flexibility index (Phi) is 2.84. The fourth-order valence-corrected chi connectivity index (χ4v) is 3.52. The van der Waals surface area contributed by atoms with Gasteiger partial charge in [0.15, 0.2) is 0 Å². The summed E-state index contributed by atoms with van der Waals surface area (Å²) in [5.41, 5.74) is 6.85. The van der Waals surface area contributed by atoms with Crippen LogP contribution in [0.25, 0.3) is 5.57 Å². The predicted molar refractivity (Wildman–Crippen MR) is 82.6 cm³/mol. The molecule has 1 aliphatic heterocycles. The van der Waals surface area contributed by atoms with Gasteiger partial charge in [-0.2, -0.15) is 0 Å². The molecule has 1 heterocycles. The average molecular weight is 260 g/mol. The minimum Gasteiger partial charge on any atom is -0.252 e. The van der Waals surface area contributed by atoms with Gasteiger partial charge in [0.2, 0.25) is 0 Å². The molecule has 2 aromatic carbocycles. The van der Waals surface area contributed by atoms with Crippen LogP contribution in [0.1, 0.15) is 30.4 Å². The molecule has 99 valence electrons. The molecule has 1 aliphatic carbocycles. The lowest BCUT2D eigenvalue weighted by atomic mass is 9.82. The van der Waals surface area contributed by atoms with Gasteiger partial charge in [-0.3, -0.25) is 5.32 Å². The van der Waals surface area contributed by atoms with Crippen LogP contribution in [-0.4, -0.2) is 0 Å². The average Bonchev–Trinajstić information content (AvgIpc) is 2.88. The first-order valence-corrected chi connectivity index (χ1v) is 7.50. The number of fused-ring (bicyclic) bond motifs is 2. The van der Waals surface area contributed by atoms with Gasteiger partial charge in [0.05, 0.1) is 5.69 Å². The fourth-order valence-electron chi connectivity index (χ4n) is 3.52. The lowest BCUT2D eigenvalue weighted by Gasteiger charge is -2.24. The third-order valence-corrected chi connectivity index (χ3v) is 4.47. The van der Waals surface area contributed by atoms with Gasteiger partial charge in [-0.05, 0) is 42.9 Å². The van der Waals surface area contributed by atoms with Crippen molar-refractivity contribution in [2.75, 3.05) is 0 Å². The second kappa shape index (κ2) is 4.82. The highest BCUT2D eigenvalue weighted by Gasteiger charge is 2.31. The fraction of sp³-hybridized carbons (Fsp3) is 0.263. The smallest absolute Gasteiger partial charge is 0.0708 e. The Morgan fingerprint density at radius 3 is 2.65 bits per heavy atom. The van der Waals surface area contributed by atoms with E-state index in [1.165, 1.54) is 47.3 Å². The van der Waals surface area contributed by atoms with Gasteiger partial charge in [-0.1, -0.05) is 48.5 Å². The van der Waals surface area contributed by atoms with Crippen molar-refractivity contribution >= 4 is 11.3 Å². The van der Waals surface area contributed by atoms with Crippen LogP contribution >= 0.6 is 0 Å². The van der Waals surface area contributed by atoms with Gasteiger partial charge < -0.3 is 0 Å². The molecular formula is C19H18N. The SMILES string of the molecule is c1ccc(CC2CCCC3=C2[N]c2ccccc23)cc1. The molecule has 0 amide bonds. The highest BCUT2D eigenvalue weighted by Crippen LogP contribution is 2.45. The van der Waals surface area contributed by atoms with E-state index in [1.807, 2.05) is 0 Å². The largest absolute Gasteiger partial charge is 0.252 e. The van der Waals surface area contributed by atoms with Crippen molar-refractivity contribution in [2.45, 2.75) is 25.7 Å². The van der Waals surface area contributed by atoms with Gasteiger partial charge in [-0.25, -0.2) is 0 Å². The van der Waals surface area contributed by atoms with E-state index >= 15 is 0 Å². The molecule has 0 fully saturated rings. The first-order chi connectivity index (χ1) is 9.92. The number of allylic oxidation sites excluding steroid dienone is 2. The van der Waals surface area contributed by atoms with Crippen molar-refractivity contribution in [2.24, 2.45) is 5.92 Å². The summed E-state index contributed by atoms with van der Waals surface area (Å²) in [7, 11) is 0. The summed E-state index contributed by atoms with van der Waals surface area (Å²) in [4.78, 5) is 0. The van der Waals surface area contributed by atoms with Crippen molar-refractivity contribution in [3.63, 3.8) is 0 Å². The van der Waals surface area contributed by atoms with Gasteiger partial charge in [0, 0.05) is 17.2 Å². The van der Waals surface area contributed by atoms with E-state index in [0.29, 0.717) is 5.92 Å². The molecule has 1 nitrogen and oxygen atoms in total. The van der Waals surface area contributed by atoms with Crippen molar-refractivity contribution in [3.05, 3.63) is 71.4 Å². The molecule has 0 saturated carbocycles. The topological polar surface area (TPSA) is 14.1 Å².